The van der Waals surface area contributed by atoms with E-state index in [1.165, 1.54) is 10.9 Å². The third-order valence-corrected chi connectivity index (χ3v) is 3.97. The van der Waals surface area contributed by atoms with Crippen molar-refractivity contribution in [3.05, 3.63) is 47.5 Å². The van der Waals surface area contributed by atoms with E-state index in [1.807, 2.05) is 18.2 Å². The Morgan fingerprint density at radius 3 is 2.85 bits per heavy atom. The van der Waals surface area contributed by atoms with Gasteiger partial charge in [-0.1, -0.05) is 29.8 Å². The van der Waals surface area contributed by atoms with Crippen LogP contribution in [0.25, 0.3) is 10.8 Å². The second-order valence-electron chi connectivity index (χ2n) is 5.63. The largest absolute Gasteiger partial charge is 0.352 e. The summed E-state index contributed by atoms with van der Waals surface area (Å²) < 4.78 is 0. The third-order valence-electron chi connectivity index (χ3n) is 3.97. The molecule has 3 rings (SSSR count). The van der Waals surface area contributed by atoms with Crippen LogP contribution in [0.15, 0.2) is 36.4 Å². The predicted molar refractivity (Wildman–Crippen MR) is 82.0 cm³/mol. The summed E-state index contributed by atoms with van der Waals surface area (Å²) in [6, 6.07) is 12.2. The van der Waals surface area contributed by atoms with E-state index in [4.69, 9.17) is 0 Å². The zero-order valence-electron chi connectivity index (χ0n) is 11.8. The van der Waals surface area contributed by atoms with Crippen LogP contribution in [-0.4, -0.2) is 25.5 Å². The Hall–Kier alpha value is -1.87. The van der Waals surface area contributed by atoms with Gasteiger partial charge < -0.3 is 10.6 Å². The van der Waals surface area contributed by atoms with Gasteiger partial charge in [-0.2, -0.15) is 0 Å². The van der Waals surface area contributed by atoms with Crippen molar-refractivity contribution >= 4 is 16.7 Å². The topological polar surface area (TPSA) is 41.1 Å². The maximum absolute atomic E-state index is 12.2. The first-order valence-corrected chi connectivity index (χ1v) is 7.22. The van der Waals surface area contributed by atoms with Crippen molar-refractivity contribution in [3.8, 4) is 0 Å². The van der Waals surface area contributed by atoms with Gasteiger partial charge >= 0.3 is 0 Å². The van der Waals surface area contributed by atoms with E-state index in [1.54, 1.807) is 0 Å². The molecule has 0 saturated carbocycles. The first-order valence-electron chi connectivity index (χ1n) is 7.22. The van der Waals surface area contributed by atoms with Crippen molar-refractivity contribution < 1.29 is 4.79 Å². The molecule has 2 aromatic rings. The molecule has 1 aliphatic heterocycles. The van der Waals surface area contributed by atoms with E-state index in [0.717, 1.165) is 37.0 Å². The minimum absolute atomic E-state index is 0.0272. The molecule has 3 heteroatoms. The van der Waals surface area contributed by atoms with Crippen LogP contribution in [0.3, 0.4) is 0 Å². The van der Waals surface area contributed by atoms with Gasteiger partial charge in [0.1, 0.15) is 0 Å². The molecule has 1 aliphatic rings. The van der Waals surface area contributed by atoms with Crippen LogP contribution < -0.4 is 10.6 Å². The summed E-state index contributed by atoms with van der Waals surface area (Å²) >= 11 is 0. The average molecular weight is 268 g/mol. The Balaban J connectivity index is 1.72. The van der Waals surface area contributed by atoms with Crippen LogP contribution in [-0.2, 0) is 0 Å². The Morgan fingerprint density at radius 1 is 1.25 bits per heavy atom. The van der Waals surface area contributed by atoms with Gasteiger partial charge in [-0.05, 0) is 55.3 Å². The number of benzene rings is 2. The normalized spacial score (nSPS) is 18.4. The smallest absolute Gasteiger partial charge is 0.251 e. The van der Waals surface area contributed by atoms with Crippen molar-refractivity contribution in [2.45, 2.75) is 13.3 Å². The van der Waals surface area contributed by atoms with E-state index < -0.39 is 0 Å². The van der Waals surface area contributed by atoms with E-state index in [2.05, 4.69) is 35.8 Å². The average Bonchev–Trinajstić information content (AvgIpc) is 2.97. The summed E-state index contributed by atoms with van der Waals surface area (Å²) in [5.41, 5.74) is 1.98. The molecule has 1 saturated heterocycles. The molecule has 1 atom stereocenters. The quantitative estimate of drug-likeness (QED) is 0.898. The highest BCUT2D eigenvalue weighted by molar-refractivity contribution is 5.98. The molecule has 0 aromatic heterocycles. The van der Waals surface area contributed by atoms with Crippen LogP contribution in [0.1, 0.15) is 22.3 Å². The Labute approximate surface area is 119 Å². The summed E-state index contributed by atoms with van der Waals surface area (Å²) in [7, 11) is 0. The second-order valence-corrected chi connectivity index (χ2v) is 5.63. The van der Waals surface area contributed by atoms with Gasteiger partial charge in [0.15, 0.2) is 0 Å². The number of carbonyl (C=O) groups is 1. The Morgan fingerprint density at radius 2 is 2.05 bits per heavy atom. The van der Waals surface area contributed by atoms with Crippen molar-refractivity contribution in [2.24, 2.45) is 5.92 Å². The third kappa shape index (κ3) is 2.83. The summed E-state index contributed by atoms with van der Waals surface area (Å²) in [6.07, 6.45) is 1.15. The maximum Gasteiger partial charge on any atom is 0.251 e. The fourth-order valence-corrected chi connectivity index (χ4v) is 2.73. The lowest BCUT2D eigenvalue weighted by atomic mass is 10.0. The SMILES string of the molecule is Cc1ccc2cc(C(=O)NCC3CCNC3)ccc2c1. The number of amides is 1. The van der Waals surface area contributed by atoms with E-state index in [-0.39, 0.29) is 5.91 Å². The van der Waals surface area contributed by atoms with Crippen molar-refractivity contribution in [1.82, 2.24) is 10.6 Å². The number of fused-ring (bicyclic) bond motifs is 1. The number of nitrogens with one attached hydrogen (secondary N) is 2. The molecule has 0 bridgehead atoms. The molecular weight excluding hydrogens is 248 g/mol. The fourth-order valence-electron chi connectivity index (χ4n) is 2.73. The number of rotatable bonds is 3. The molecule has 3 nitrogen and oxygen atoms in total. The summed E-state index contributed by atoms with van der Waals surface area (Å²) in [5.74, 6) is 0.599. The van der Waals surface area contributed by atoms with Crippen molar-refractivity contribution in [1.29, 1.82) is 0 Å². The number of hydrogen-bond donors (Lipinski definition) is 2. The molecular formula is C17H20N2O. The lowest BCUT2D eigenvalue weighted by molar-refractivity contribution is 0.0948. The zero-order valence-corrected chi connectivity index (χ0v) is 11.8. The molecule has 0 aliphatic carbocycles. The molecule has 20 heavy (non-hydrogen) atoms. The second kappa shape index (κ2) is 5.63. The maximum atomic E-state index is 12.2. The Kier molecular flexibility index (Phi) is 3.70. The monoisotopic (exact) mass is 268 g/mol. The van der Waals surface area contributed by atoms with Crippen LogP contribution in [0.5, 0.6) is 0 Å². The van der Waals surface area contributed by atoms with Crippen LogP contribution in [0.2, 0.25) is 0 Å². The van der Waals surface area contributed by atoms with Crippen molar-refractivity contribution in [3.63, 3.8) is 0 Å². The van der Waals surface area contributed by atoms with Crippen LogP contribution in [0, 0.1) is 12.8 Å². The minimum Gasteiger partial charge on any atom is -0.352 e. The first-order chi connectivity index (χ1) is 9.72. The number of aryl methyl sites for hydroxylation is 1. The molecule has 1 amide bonds. The summed E-state index contributed by atoms with van der Waals surface area (Å²) in [5, 5.41) is 8.65. The lowest BCUT2D eigenvalue weighted by Gasteiger charge is -2.10. The highest BCUT2D eigenvalue weighted by Crippen LogP contribution is 2.17. The lowest BCUT2D eigenvalue weighted by Crippen LogP contribution is -2.30. The van der Waals surface area contributed by atoms with Gasteiger partial charge in [-0.25, -0.2) is 0 Å². The Bertz CT molecular complexity index is 630. The van der Waals surface area contributed by atoms with Crippen LogP contribution >= 0.6 is 0 Å². The van der Waals surface area contributed by atoms with E-state index in [0.29, 0.717) is 5.92 Å². The van der Waals surface area contributed by atoms with Gasteiger partial charge in [0.05, 0.1) is 0 Å². The standard InChI is InChI=1S/C17H20N2O/c1-12-2-3-15-9-16(5-4-14(15)8-12)17(20)19-11-13-6-7-18-10-13/h2-5,8-9,13,18H,6-7,10-11H2,1H3,(H,19,20). The molecule has 1 unspecified atom stereocenters. The molecule has 104 valence electrons. The predicted octanol–water partition coefficient (Wildman–Crippen LogP) is 2.49. The molecule has 1 fully saturated rings. The van der Waals surface area contributed by atoms with Gasteiger partial charge in [0, 0.05) is 12.1 Å². The molecule has 2 aromatic carbocycles. The first kappa shape index (κ1) is 13.1. The van der Waals surface area contributed by atoms with Crippen molar-refractivity contribution in [2.75, 3.05) is 19.6 Å². The zero-order chi connectivity index (χ0) is 13.9. The summed E-state index contributed by atoms with van der Waals surface area (Å²) in [4.78, 5) is 12.2. The highest BCUT2D eigenvalue weighted by atomic mass is 16.1. The van der Waals surface area contributed by atoms with E-state index >= 15 is 0 Å². The molecule has 2 N–H and O–H groups in total. The highest BCUT2D eigenvalue weighted by Gasteiger charge is 2.15. The minimum atomic E-state index is 0.0272. The van der Waals surface area contributed by atoms with Crippen LogP contribution in [0.4, 0.5) is 0 Å². The van der Waals surface area contributed by atoms with Gasteiger partial charge in [0.25, 0.3) is 5.91 Å². The fraction of sp³-hybridized carbons (Fsp3) is 0.353. The van der Waals surface area contributed by atoms with E-state index in [9.17, 15) is 4.79 Å². The van der Waals surface area contributed by atoms with Gasteiger partial charge in [0.2, 0.25) is 0 Å². The number of carbonyl (C=O) groups excluding carboxylic acids is 1. The summed E-state index contributed by atoms with van der Waals surface area (Å²) in [6.45, 7) is 4.92. The van der Waals surface area contributed by atoms with Gasteiger partial charge in [-0.15, -0.1) is 0 Å². The number of hydrogen-bond acceptors (Lipinski definition) is 2. The molecule has 0 radical (unpaired) electrons. The molecule has 1 heterocycles. The van der Waals surface area contributed by atoms with Gasteiger partial charge in [-0.3, -0.25) is 4.79 Å². The molecule has 0 spiro atoms.